The second-order valence-electron chi connectivity index (χ2n) is 6.28. The molecule has 8 heteroatoms. The average molecular weight is 394 g/mol. The highest BCUT2D eigenvalue weighted by molar-refractivity contribution is 7.13. The molecule has 0 aliphatic rings. The highest BCUT2D eigenvalue weighted by atomic mass is 32.1. The Morgan fingerprint density at radius 3 is 2.44 bits per heavy atom. The van der Waals surface area contributed by atoms with Gasteiger partial charge in [-0.3, -0.25) is 9.59 Å². The van der Waals surface area contributed by atoms with Gasteiger partial charge in [0.25, 0.3) is 5.91 Å². The van der Waals surface area contributed by atoms with Crippen molar-refractivity contribution >= 4 is 23.2 Å². The van der Waals surface area contributed by atoms with Crippen molar-refractivity contribution in [3.8, 4) is 5.75 Å². The molecular weight excluding hydrogens is 371 g/mol. The van der Waals surface area contributed by atoms with Crippen LogP contribution < -0.4 is 10.1 Å². The van der Waals surface area contributed by atoms with Crippen LogP contribution in [0.2, 0.25) is 0 Å². The van der Waals surface area contributed by atoms with Crippen molar-refractivity contribution in [3.05, 3.63) is 45.7 Å². The van der Waals surface area contributed by atoms with Crippen LogP contribution >= 0.6 is 11.3 Å². The number of halogens is 1. The number of carboxylic acids is 1. The number of carbonyl (C=O) groups excluding carboxylic acids is 1. The third kappa shape index (κ3) is 5.50. The van der Waals surface area contributed by atoms with Crippen molar-refractivity contribution in [1.82, 2.24) is 10.3 Å². The van der Waals surface area contributed by atoms with E-state index in [0.29, 0.717) is 34.2 Å². The zero-order valence-electron chi connectivity index (χ0n) is 15.5. The van der Waals surface area contributed by atoms with Gasteiger partial charge in [-0.2, -0.15) is 0 Å². The number of ether oxygens (including phenoxy) is 1. The van der Waals surface area contributed by atoms with E-state index in [0.717, 1.165) is 0 Å². The number of amides is 1. The summed E-state index contributed by atoms with van der Waals surface area (Å²) in [6, 6.07) is 5.65. The van der Waals surface area contributed by atoms with Crippen LogP contribution in [0, 0.1) is 12.7 Å². The van der Waals surface area contributed by atoms with Gasteiger partial charge in [0, 0.05) is 0 Å². The Morgan fingerprint density at radius 2 is 1.89 bits per heavy atom. The molecule has 6 nitrogen and oxygen atoms in total. The Kier molecular flexibility index (Phi) is 6.90. The highest BCUT2D eigenvalue weighted by Gasteiger charge is 2.32. The lowest BCUT2D eigenvalue weighted by molar-refractivity contribution is -0.138. The van der Waals surface area contributed by atoms with Gasteiger partial charge >= 0.3 is 5.97 Å². The molecule has 0 saturated carbocycles. The summed E-state index contributed by atoms with van der Waals surface area (Å²) >= 11 is 1.20. The van der Waals surface area contributed by atoms with Gasteiger partial charge in [-0.15, -0.1) is 11.3 Å². The number of hydrogen-bond donors (Lipinski definition) is 2. The van der Waals surface area contributed by atoms with Gasteiger partial charge in [-0.1, -0.05) is 13.8 Å². The summed E-state index contributed by atoms with van der Waals surface area (Å²) < 4.78 is 18.5. The molecule has 0 unspecified atom stereocenters. The van der Waals surface area contributed by atoms with E-state index in [1.807, 2.05) is 13.8 Å². The average Bonchev–Trinajstić information content (AvgIpc) is 3.01. The molecule has 1 aromatic heterocycles. The Labute approximate surface area is 161 Å². The van der Waals surface area contributed by atoms with Gasteiger partial charge < -0.3 is 15.2 Å². The molecule has 2 N–H and O–H groups in total. The number of carboxylic acid groups (broad SMARTS) is 1. The Hall–Kier alpha value is -2.48. The van der Waals surface area contributed by atoms with Crippen LogP contribution in [0.1, 0.15) is 53.5 Å². The largest absolute Gasteiger partial charge is 0.486 e. The van der Waals surface area contributed by atoms with Gasteiger partial charge in [0.05, 0.1) is 17.7 Å². The van der Waals surface area contributed by atoms with Crippen LogP contribution in [-0.4, -0.2) is 27.5 Å². The summed E-state index contributed by atoms with van der Waals surface area (Å²) in [5.41, 5.74) is -0.226. The number of nitrogens with zero attached hydrogens (tertiary/aromatic N) is 1. The first-order valence-electron chi connectivity index (χ1n) is 8.67. The van der Waals surface area contributed by atoms with Crippen LogP contribution in [-0.2, 0) is 11.4 Å². The summed E-state index contributed by atoms with van der Waals surface area (Å²) in [4.78, 5) is 28.6. The Balaban J connectivity index is 2.08. The minimum absolute atomic E-state index is 0.135. The van der Waals surface area contributed by atoms with Gasteiger partial charge in [0.2, 0.25) is 0 Å². The first-order chi connectivity index (χ1) is 12.8. The van der Waals surface area contributed by atoms with Crippen molar-refractivity contribution in [3.63, 3.8) is 0 Å². The predicted molar refractivity (Wildman–Crippen MR) is 101 cm³/mol. The van der Waals surface area contributed by atoms with Crippen molar-refractivity contribution in [2.24, 2.45) is 0 Å². The Bertz CT molecular complexity index is 801. The van der Waals surface area contributed by atoms with Crippen molar-refractivity contribution in [2.45, 2.75) is 52.2 Å². The molecule has 0 bridgehead atoms. The maximum absolute atomic E-state index is 12.9. The fourth-order valence-electron chi connectivity index (χ4n) is 2.71. The number of aliphatic carboxylic acids is 1. The van der Waals surface area contributed by atoms with E-state index in [-0.39, 0.29) is 24.8 Å². The van der Waals surface area contributed by atoms with E-state index in [9.17, 15) is 14.0 Å². The zero-order chi connectivity index (χ0) is 20.0. The molecule has 2 aromatic rings. The van der Waals surface area contributed by atoms with Crippen molar-refractivity contribution in [2.75, 3.05) is 0 Å². The standard InChI is InChI=1S/C19H23FN2O4S/c1-4-19(5-2,10-16(23)24)22-18(25)17-12(3)21-15(27-17)11-26-14-8-6-13(20)7-9-14/h6-9H,4-5,10-11H2,1-3H3,(H,22,25)(H,23,24). The van der Waals surface area contributed by atoms with Crippen LogP contribution in [0.5, 0.6) is 5.75 Å². The molecule has 1 aromatic carbocycles. The van der Waals surface area contributed by atoms with Gasteiger partial charge in [0.1, 0.15) is 28.1 Å². The fraction of sp³-hybridized carbons (Fsp3) is 0.421. The molecule has 0 aliphatic heterocycles. The Morgan fingerprint density at radius 1 is 1.26 bits per heavy atom. The first-order valence-corrected chi connectivity index (χ1v) is 9.49. The molecule has 0 saturated heterocycles. The van der Waals surface area contributed by atoms with Gasteiger partial charge in [-0.05, 0) is 44.0 Å². The molecule has 146 valence electrons. The molecule has 0 atom stereocenters. The van der Waals surface area contributed by atoms with Gasteiger partial charge in [-0.25, -0.2) is 9.37 Å². The summed E-state index contributed by atoms with van der Waals surface area (Å²) in [6.45, 7) is 5.60. The van der Waals surface area contributed by atoms with E-state index in [1.165, 1.54) is 35.6 Å². The van der Waals surface area contributed by atoms with E-state index in [4.69, 9.17) is 9.84 Å². The lowest BCUT2D eigenvalue weighted by atomic mass is 9.89. The summed E-state index contributed by atoms with van der Waals surface area (Å²) in [6.07, 6.45) is 0.893. The molecule has 2 rings (SSSR count). The smallest absolute Gasteiger partial charge is 0.305 e. The lowest BCUT2D eigenvalue weighted by Crippen LogP contribution is -2.49. The fourth-order valence-corrected chi connectivity index (χ4v) is 3.58. The molecule has 0 aliphatic carbocycles. The number of benzene rings is 1. The zero-order valence-corrected chi connectivity index (χ0v) is 16.4. The van der Waals surface area contributed by atoms with Crippen molar-refractivity contribution < 1.29 is 23.8 Å². The summed E-state index contributed by atoms with van der Waals surface area (Å²) in [7, 11) is 0. The number of thiazole rings is 1. The van der Waals surface area contributed by atoms with Crippen LogP contribution in [0.3, 0.4) is 0 Å². The van der Waals surface area contributed by atoms with E-state index in [1.54, 1.807) is 6.92 Å². The van der Waals surface area contributed by atoms with Crippen LogP contribution in [0.4, 0.5) is 4.39 Å². The number of aromatic nitrogens is 1. The first kappa shape index (κ1) is 20.8. The molecule has 0 fully saturated rings. The van der Waals surface area contributed by atoms with E-state index in [2.05, 4.69) is 10.3 Å². The molecule has 0 radical (unpaired) electrons. The molecule has 1 heterocycles. The number of carbonyl (C=O) groups is 2. The maximum atomic E-state index is 12.9. The summed E-state index contributed by atoms with van der Waals surface area (Å²) in [5, 5.41) is 12.6. The van der Waals surface area contributed by atoms with E-state index < -0.39 is 11.5 Å². The molecule has 1 amide bonds. The van der Waals surface area contributed by atoms with Crippen LogP contribution in [0.15, 0.2) is 24.3 Å². The van der Waals surface area contributed by atoms with Gasteiger partial charge in [0.15, 0.2) is 0 Å². The predicted octanol–water partition coefficient (Wildman–Crippen LogP) is 3.93. The minimum atomic E-state index is -0.951. The normalized spacial score (nSPS) is 11.3. The molecule has 27 heavy (non-hydrogen) atoms. The van der Waals surface area contributed by atoms with E-state index >= 15 is 0 Å². The van der Waals surface area contributed by atoms with Crippen LogP contribution in [0.25, 0.3) is 0 Å². The minimum Gasteiger partial charge on any atom is -0.486 e. The third-order valence-corrected chi connectivity index (χ3v) is 5.57. The summed E-state index contributed by atoms with van der Waals surface area (Å²) in [5.74, 6) is -1.12. The number of hydrogen-bond acceptors (Lipinski definition) is 5. The number of rotatable bonds is 9. The molecular formula is C19H23FN2O4S. The number of aryl methyl sites for hydroxylation is 1. The second kappa shape index (κ2) is 8.94. The van der Waals surface area contributed by atoms with Crippen molar-refractivity contribution in [1.29, 1.82) is 0 Å². The number of nitrogens with one attached hydrogen (secondary N) is 1. The lowest BCUT2D eigenvalue weighted by Gasteiger charge is -2.31. The monoisotopic (exact) mass is 394 g/mol. The molecule has 0 spiro atoms. The second-order valence-corrected chi connectivity index (χ2v) is 7.36. The maximum Gasteiger partial charge on any atom is 0.305 e. The quantitative estimate of drug-likeness (QED) is 0.673. The SMILES string of the molecule is CCC(CC)(CC(=O)O)NC(=O)c1sc(COc2ccc(F)cc2)nc1C. The highest BCUT2D eigenvalue weighted by Crippen LogP contribution is 2.24. The third-order valence-electron chi connectivity index (χ3n) is 4.44. The topological polar surface area (TPSA) is 88.5 Å².